The monoisotopic (exact) mass is 482 g/mol. The fourth-order valence-corrected chi connectivity index (χ4v) is 5.24. The first kappa shape index (κ1) is 23.2. The fourth-order valence-electron chi connectivity index (χ4n) is 3.95. The number of aliphatic hydroxyl groups is 1. The molecule has 3 aromatic rings. The highest BCUT2D eigenvalue weighted by molar-refractivity contribution is 7.08. The van der Waals surface area contributed by atoms with Crippen molar-refractivity contribution in [1.29, 1.82) is 0 Å². The molecule has 2 N–H and O–H groups in total. The van der Waals surface area contributed by atoms with Crippen molar-refractivity contribution in [2.75, 3.05) is 19.7 Å². The molecule has 0 aliphatic carbocycles. The fraction of sp³-hybridized carbons (Fsp3) is 0.280. The number of aliphatic hydroxyl groups excluding tert-OH is 1. The molecule has 4 rings (SSSR count). The van der Waals surface area contributed by atoms with Crippen LogP contribution in [0.25, 0.3) is 5.57 Å². The number of carbonyl (C=O) groups excluding carboxylic acids is 2. The Morgan fingerprint density at radius 3 is 2.18 bits per heavy atom. The molecule has 6 nitrogen and oxygen atoms in total. The lowest BCUT2D eigenvalue weighted by Gasteiger charge is -2.32. The maximum Gasteiger partial charge on any atom is 0.408 e. The van der Waals surface area contributed by atoms with Gasteiger partial charge < -0.3 is 20.1 Å². The van der Waals surface area contributed by atoms with Gasteiger partial charge in [-0.1, -0.05) is 35.9 Å². The predicted octanol–water partition coefficient (Wildman–Crippen LogP) is 4.52. The third kappa shape index (κ3) is 5.90. The zero-order valence-corrected chi connectivity index (χ0v) is 19.7. The Morgan fingerprint density at radius 2 is 1.64 bits per heavy atom. The number of ether oxygens (including phenoxy) is 1. The molecule has 0 spiro atoms. The molecule has 2 aromatic heterocycles. The van der Waals surface area contributed by atoms with Crippen LogP contribution in [-0.4, -0.2) is 47.7 Å². The van der Waals surface area contributed by atoms with E-state index in [1.165, 1.54) is 22.3 Å². The number of amides is 2. The summed E-state index contributed by atoms with van der Waals surface area (Å²) in [4.78, 5) is 26.8. The van der Waals surface area contributed by atoms with Gasteiger partial charge in [-0.3, -0.25) is 4.79 Å². The summed E-state index contributed by atoms with van der Waals surface area (Å²) in [5.41, 5.74) is 5.85. The van der Waals surface area contributed by atoms with Gasteiger partial charge in [-0.15, -0.1) is 0 Å². The average molecular weight is 483 g/mol. The molecule has 1 unspecified atom stereocenters. The number of likely N-dealkylation sites (tertiary alicyclic amines) is 1. The standard InChI is InChI=1S/C25H26N2O4S2/c28-14-22(26-25(30)31-15-18-4-2-1-3-5-18)24(29)27-10-6-19(7-11-27)23(20-8-12-32-16-20)21-9-13-33-17-21/h1-5,8-9,12-13,16-17,22,28H,6-7,10-11,14-15H2,(H,26,30). The quantitative estimate of drug-likeness (QED) is 0.519. The van der Waals surface area contributed by atoms with E-state index in [0.29, 0.717) is 13.1 Å². The highest BCUT2D eigenvalue weighted by Gasteiger charge is 2.29. The maximum absolute atomic E-state index is 13.0. The van der Waals surface area contributed by atoms with Gasteiger partial charge in [0, 0.05) is 13.1 Å². The molecule has 1 saturated heterocycles. The topological polar surface area (TPSA) is 78.9 Å². The van der Waals surface area contributed by atoms with Crippen LogP contribution in [0.1, 0.15) is 29.5 Å². The van der Waals surface area contributed by atoms with Crippen molar-refractivity contribution in [1.82, 2.24) is 10.2 Å². The van der Waals surface area contributed by atoms with E-state index in [1.54, 1.807) is 27.6 Å². The van der Waals surface area contributed by atoms with Crippen LogP contribution < -0.4 is 5.32 Å². The molecule has 172 valence electrons. The van der Waals surface area contributed by atoms with Gasteiger partial charge in [-0.05, 0) is 68.8 Å². The number of piperidine rings is 1. The van der Waals surface area contributed by atoms with E-state index < -0.39 is 18.7 Å². The van der Waals surface area contributed by atoms with Crippen LogP contribution in [0.15, 0.2) is 69.6 Å². The van der Waals surface area contributed by atoms with Crippen LogP contribution in [-0.2, 0) is 16.1 Å². The molecule has 1 atom stereocenters. The van der Waals surface area contributed by atoms with Crippen LogP contribution in [0.4, 0.5) is 4.79 Å². The van der Waals surface area contributed by atoms with Crippen molar-refractivity contribution in [2.45, 2.75) is 25.5 Å². The van der Waals surface area contributed by atoms with Gasteiger partial charge in [0.2, 0.25) is 5.91 Å². The smallest absolute Gasteiger partial charge is 0.408 e. The molecule has 0 bridgehead atoms. The minimum absolute atomic E-state index is 0.102. The first-order valence-electron chi connectivity index (χ1n) is 10.8. The van der Waals surface area contributed by atoms with E-state index in [4.69, 9.17) is 4.74 Å². The summed E-state index contributed by atoms with van der Waals surface area (Å²) in [5.74, 6) is -0.291. The minimum Gasteiger partial charge on any atom is -0.445 e. The second-order valence-electron chi connectivity index (χ2n) is 7.77. The third-order valence-corrected chi connectivity index (χ3v) is 7.00. The Balaban J connectivity index is 1.36. The Morgan fingerprint density at radius 1 is 1.00 bits per heavy atom. The van der Waals surface area contributed by atoms with Gasteiger partial charge >= 0.3 is 6.09 Å². The van der Waals surface area contributed by atoms with Gasteiger partial charge in [-0.25, -0.2) is 4.79 Å². The van der Waals surface area contributed by atoms with Gasteiger partial charge in [0.25, 0.3) is 0 Å². The van der Waals surface area contributed by atoms with E-state index >= 15 is 0 Å². The van der Waals surface area contributed by atoms with E-state index in [9.17, 15) is 14.7 Å². The van der Waals surface area contributed by atoms with E-state index in [-0.39, 0.29) is 12.5 Å². The van der Waals surface area contributed by atoms with Crippen LogP contribution in [0.2, 0.25) is 0 Å². The number of hydrogen-bond acceptors (Lipinski definition) is 6. The summed E-state index contributed by atoms with van der Waals surface area (Å²) in [5, 5.41) is 20.7. The van der Waals surface area contributed by atoms with E-state index in [2.05, 4.69) is 39.0 Å². The van der Waals surface area contributed by atoms with Crippen LogP contribution >= 0.6 is 22.7 Å². The van der Waals surface area contributed by atoms with Crippen molar-refractivity contribution >= 4 is 40.2 Å². The number of benzene rings is 1. The average Bonchev–Trinajstić information content (AvgIpc) is 3.58. The molecule has 1 aliphatic rings. The summed E-state index contributed by atoms with van der Waals surface area (Å²) in [6, 6.07) is 12.5. The third-order valence-electron chi connectivity index (χ3n) is 5.64. The molecule has 0 saturated carbocycles. The summed E-state index contributed by atoms with van der Waals surface area (Å²) in [6.45, 7) is 0.713. The summed E-state index contributed by atoms with van der Waals surface area (Å²) in [6.07, 6.45) is 0.785. The highest BCUT2D eigenvalue weighted by atomic mass is 32.1. The summed E-state index contributed by atoms with van der Waals surface area (Å²) >= 11 is 3.35. The number of alkyl carbamates (subject to hydrolysis) is 1. The number of rotatable bonds is 7. The predicted molar refractivity (Wildman–Crippen MR) is 131 cm³/mol. The van der Waals surface area contributed by atoms with E-state index in [0.717, 1.165) is 18.4 Å². The molecular weight excluding hydrogens is 456 g/mol. The van der Waals surface area contributed by atoms with Crippen molar-refractivity contribution in [2.24, 2.45) is 0 Å². The zero-order chi connectivity index (χ0) is 23.0. The van der Waals surface area contributed by atoms with Crippen LogP contribution in [0.3, 0.4) is 0 Å². The second kappa shape index (κ2) is 11.3. The number of hydrogen-bond donors (Lipinski definition) is 2. The Bertz CT molecular complexity index is 1030. The molecule has 1 fully saturated rings. The van der Waals surface area contributed by atoms with Crippen molar-refractivity contribution in [3.63, 3.8) is 0 Å². The largest absolute Gasteiger partial charge is 0.445 e. The van der Waals surface area contributed by atoms with Crippen molar-refractivity contribution in [3.05, 3.63) is 86.2 Å². The van der Waals surface area contributed by atoms with Gasteiger partial charge in [0.05, 0.1) is 6.61 Å². The molecule has 3 heterocycles. The van der Waals surface area contributed by atoms with Gasteiger partial charge in [0.15, 0.2) is 0 Å². The molecule has 33 heavy (non-hydrogen) atoms. The Hall–Kier alpha value is -2.94. The number of nitrogens with zero attached hydrogens (tertiary/aromatic N) is 1. The summed E-state index contributed by atoms with van der Waals surface area (Å²) in [7, 11) is 0. The number of nitrogens with one attached hydrogen (secondary N) is 1. The maximum atomic E-state index is 13.0. The van der Waals surface area contributed by atoms with Crippen LogP contribution in [0, 0.1) is 0 Å². The van der Waals surface area contributed by atoms with Crippen molar-refractivity contribution in [3.8, 4) is 0 Å². The molecule has 8 heteroatoms. The first-order valence-corrected chi connectivity index (χ1v) is 12.7. The molecular formula is C25H26N2O4S2. The second-order valence-corrected chi connectivity index (χ2v) is 9.33. The zero-order valence-electron chi connectivity index (χ0n) is 18.1. The highest BCUT2D eigenvalue weighted by Crippen LogP contribution is 2.34. The van der Waals surface area contributed by atoms with E-state index in [1.807, 2.05) is 30.3 Å². The minimum atomic E-state index is -1.02. The molecule has 1 aromatic carbocycles. The lowest BCUT2D eigenvalue weighted by molar-refractivity contribution is -0.134. The first-order chi connectivity index (χ1) is 16.2. The Labute approximate surface area is 201 Å². The Kier molecular flexibility index (Phi) is 7.93. The van der Waals surface area contributed by atoms with Crippen molar-refractivity contribution < 1.29 is 19.4 Å². The lowest BCUT2D eigenvalue weighted by atomic mass is 9.91. The summed E-state index contributed by atoms with van der Waals surface area (Å²) < 4.78 is 5.19. The molecule has 1 aliphatic heterocycles. The molecule has 2 amide bonds. The number of thiophene rings is 2. The normalized spacial score (nSPS) is 14.6. The lowest BCUT2D eigenvalue weighted by Crippen LogP contribution is -2.52. The SMILES string of the molecule is O=C(NC(CO)C(=O)N1CCC(=C(c2ccsc2)c2ccsc2)CC1)OCc1ccccc1. The molecule has 0 radical (unpaired) electrons. The van der Waals surface area contributed by atoms with Gasteiger partial charge in [-0.2, -0.15) is 22.7 Å². The van der Waals surface area contributed by atoms with Gasteiger partial charge in [0.1, 0.15) is 12.6 Å². The van der Waals surface area contributed by atoms with Crippen LogP contribution in [0.5, 0.6) is 0 Å². The number of carbonyl (C=O) groups is 2.